The summed E-state index contributed by atoms with van der Waals surface area (Å²) in [6, 6.07) is 0.0116. The fraction of sp³-hybridized carbons (Fsp3) is 0.560. The van der Waals surface area contributed by atoms with E-state index in [2.05, 4.69) is 25.2 Å². The topological polar surface area (TPSA) is 136 Å². The molecule has 1 aliphatic heterocycles. The number of oxazole rings is 1. The van der Waals surface area contributed by atoms with Crippen molar-refractivity contribution in [2.75, 3.05) is 20.3 Å². The Kier molecular flexibility index (Phi) is 7.61. The van der Waals surface area contributed by atoms with E-state index in [0.29, 0.717) is 16.7 Å². The molecular weight excluding hydrogens is 559 g/mol. The van der Waals surface area contributed by atoms with E-state index in [9.17, 15) is 31.5 Å². The molecule has 2 aromatic heterocycles. The summed E-state index contributed by atoms with van der Waals surface area (Å²) in [6.45, 7) is 0.833. The summed E-state index contributed by atoms with van der Waals surface area (Å²) in [5.41, 5.74) is 1.20. The molecule has 3 atom stereocenters. The third kappa shape index (κ3) is 5.96. The van der Waals surface area contributed by atoms with Crippen molar-refractivity contribution in [1.29, 1.82) is 0 Å². The van der Waals surface area contributed by atoms with E-state index in [0.717, 1.165) is 4.90 Å². The minimum atomic E-state index is -4.61. The number of benzene rings is 1. The first kappa shape index (κ1) is 28.7. The van der Waals surface area contributed by atoms with E-state index >= 15 is 0 Å². The number of halogens is 5. The molecule has 3 unspecified atom stereocenters. The lowest BCUT2D eigenvalue weighted by atomic mass is 9.82. The highest BCUT2D eigenvalue weighted by Crippen LogP contribution is 2.42. The quantitative estimate of drug-likeness (QED) is 0.370. The summed E-state index contributed by atoms with van der Waals surface area (Å²) < 4.78 is 83.4. The second-order valence-corrected chi connectivity index (χ2v) is 10.3. The fourth-order valence-electron chi connectivity index (χ4n) is 5.26. The minimum absolute atomic E-state index is 0.0640. The lowest BCUT2D eigenvalue weighted by molar-refractivity contribution is -0.150. The second-order valence-electron chi connectivity index (χ2n) is 10.3. The van der Waals surface area contributed by atoms with Crippen LogP contribution in [0.1, 0.15) is 65.4 Å². The molecule has 41 heavy (non-hydrogen) atoms. The molecule has 0 radical (unpaired) electrons. The molecule has 3 amide bonds. The highest BCUT2D eigenvalue weighted by Gasteiger charge is 2.48. The van der Waals surface area contributed by atoms with Crippen molar-refractivity contribution in [2.24, 2.45) is 5.92 Å². The molecule has 222 valence electrons. The number of hydrogen-bond donors (Lipinski definition) is 2. The molecular formula is C25H27F5N6O5. The molecule has 3 heterocycles. The first-order valence-electron chi connectivity index (χ1n) is 12.9. The van der Waals surface area contributed by atoms with Crippen LogP contribution in [-0.2, 0) is 4.74 Å². The maximum Gasteiger partial charge on any atom is 0.410 e. The summed E-state index contributed by atoms with van der Waals surface area (Å²) in [6.07, 6.45) is -5.16. The minimum Gasteiger partial charge on any atom is -0.438 e. The maximum atomic E-state index is 13.9. The van der Waals surface area contributed by atoms with Crippen molar-refractivity contribution < 1.29 is 45.3 Å². The van der Waals surface area contributed by atoms with Crippen molar-refractivity contribution >= 4 is 23.0 Å². The van der Waals surface area contributed by atoms with Crippen LogP contribution in [0, 0.1) is 12.8 Å². The number of nitrogens with zero attached hydrogens (tertiary/aromatic N) is 4. The van der Waals surface area contributed by atoms with Gasteiger partial charge in [0, 0.05) is 20.0 Å². The average molecular weight is 587 g/mol. The van der Waals surface area contributed by atoms with Gasteiger partial charge in [-0.25, -0.2) is 23.2 Å². The smallest absolute Gasteiger partial charge is 0.410 e. The number of urea groups is 1. The van der Waals surface area contributed by atoms with Gasteiger partial charge in [-0.2, -0.15) is 13.2 Å². The van der Waals surface area contributed by atoms with Crippen molar-refractivity contribution in [3.8, 4) is 0 Å². The summed E-state index contributed by atoms with van der Waals surface area (Å²) >= 11 is 0. The number of hydrogen-bond acceptors (Lipinski definition) is 8. The molecule has 16 heteroatoms. The average Bonchev–Trinajstić information content (AvgIpc) is 3.63. The van der Waals surface area contributed by atoms with Crippen LogP contribution >= 0.6 is 0 Å². The second kappa shape index (κ2) is 10.9. The Hall–Kier alpha value is -3.82. The highest BCUT2D eigenvalue weighted by atomic mass is 19.4. The Balaban J connectivity index is 1.45. The fourth-order valence-corrected chi connectivity index (χ4v) is 5.26. The van der Waals surface area contributed by atoms with Gasteiger partial charge < -0.3 is 24.7 Å². The van der Waals surface area contributed by atoms with E-state index in [1.807, 2.05) is 5.32 Å². The number of aromatic nitrogens is 3. The lowest BCUT2D eigenvalue weighted by Crippen LogP contribution is -2.40. The molecule has 0 bridgehead atoms. The number of fused-ring (bicyclic) bond motifs is 1. The van der Waals surface area contributed by atoms with Gasteiger partial charge >= 0.3 is 12.2 Å². The van der Waals surface area contributed by atoms with Crippen LogP contribution in [0.4, 0.5) is 26.7 Å². The van der Waals surface area contributed by atoms with Crippen molar-refractivity contribution in [1.82, 2.24) is 30.8 Å². The largest absolute Gasteiger partial charge is 0.438 e. The third-order valence-electron chi connectivity index (χ3n) is 7.50. The predicted octanol–water partition coefficient (Wildman–Crippen LogP) is 4.46. The van der Waals surface area contributed by atoms with Crippen LogP contribution in [-0.4, -0.2) is 70.5 Å². The van der Waals surface area contributed by atoms with Gasteiger partial charge in [-0.05, 0) is 48.5 Å². The number of carbonyl (C=O) groups excluding carboxylic acids is 2. The van der Waals surface area contributed by atoms with Crippen molar-refractivity contribution in [2.45, 2.75) is 62.8 Å². The normalized spacial score (nSPS) is 21.2. The molecule has 3 aromatic rings. The first-order valence-corrected chi connectivity index (χ1v) is 12.9. The number of methoxy groups -OCH3 is 1. The van der Waals surface area contributed by atoms with Gasteiger partial charge in [0.1, 0.15) is 23.3 Å². The summed E-state index contributed by atoms with van der Waals surface area (Å²) in [7, 11) is 1.36. The summed E-state index contributed by atoms with van der Waals surface area (Å²) in [5.74, 6) is -3.82. The Morgan fingerprint density at radius 1 is 1.27 bits per heavy atom. The predicted molar refractivity (Wildman–Crippen MR) is 130 cm³/mol. The molecule has 2 fully saturated rings. The van der Waals surface area contributed by atoms with E-state index in [4.69, 9.17) is 9.15 Å². The van der Waals surface area contributed by atoms with Crippen LogP contribution < -0.4 is 10.6 Å². The number of rotatable bonds is 8. The van der Waals surface area contributed by atoms with Crippen LogP contribution in [0.2, 0.25) is 0 Å². The Bertz CT molecular complexity index is 1420. The van der Waals surface area contributed by atoms with Crippen LogP contribution in [0.25, 0.3) is 11.1 Å². The zero-order chi connectivity index (χ0) is 29.5. The highest BCUT2D eigenvalue weighted by molar-refractivity contribution is 5.93. The Labute approximate surface area is 229 Å². The molecule has 5 rings (SSSR count). The number of alkyl halides is 5. The first-order chi connectivity index (χ1) is 19.4. The van der Waals surface area contributed by atoms with Crippen molar-refractivity contribution in [3.05, 3.63) is 41.0 Å². The maximum absolute atomic E-state index is 13.9. The molecule has 1 aliphatic carbocycles. The molecule has 11 nitrogen and oxygen atoms in total. The Morgan fingerprint density at radius 2 is 2.00 bits per heavy atom. The molecule has 1 aromatic carbocycles. The molecule has 2 N–H and O–H groups in total. The van der Waals surface area contributed by atoms with Gasteiger partial charge in [-0.3, -0.25) is 4.79 Å². The Morgan fingerprint density at radius 3 is 2.61 bits per heavy atom. The number of amides is 3. The van der Waals surface area contributed by atoms with Gasteiger partial charge in [0.25, 0.3) is 5.91 Å². The molecule has 1 saturated carbocycles. The SMILES string of the molecule is COCC(c1ccc2oc(C(NC(=O)c3nonc3C)C3CCC(F)(F)CC3)nc2c1)N1CC(C(F)(F)F)NC1=O. The van der Waals surface area contributed by atoms with Crippen LogP contribution in [0.15, 0.2) is 27.2 Å². The molecule has 0 spiro atoms. The third-order valence-corrected chi connectivity index (χ3v) is 7.50. The van der Waals surface area contributed by atoms with E-state index in [1.165, 1.54) is 14.0 Å². The molecule has 2 aliphatic rings. The monoisotopic (exact) mass is 586 g/mol. The van der Waals surface area contributed by atoms with Gasteiger partial charge in [-0.1, -0.05) is 11.2 Å². The van der Waals surface area contributed by atoms with E-state index in [-0.39, 0.29) is 49.6 Å². The van der Waals surface area contributed by atoms with Gasteiger partial charge in [0.05, 0.1) is 19.2 Å². The van der Waals surface area contributed by atoms with E-state index < -0.39 is 54.6 Å². The molecule has 1 saturated heterocycles. The number of ether oxygens (including phenoxy) is 1. The van der Waals surface area contributed by atoms with Crippen LogP contribution in [0.5, 0.6) is 0 Å². The van der Waals surface area contributed by atoms with E-state index in [1.54, 1.807) is 18.2 Å². The number of carbonyl (C=O) groups is 2. The number of aryl methyl sites for hydroxylation is 1. The van der Waals surface area contributed by atoms with Crippen molar-refractivity contribution in [3.63, 3.8) is 0 Å². The number of nitrogens with one attached hydrogen (secondary N) is 2. The standard InChI is InChI=1S/C25H27F5N6O5/c1-12-19(35-41-34-12)21(37)33-20(13-5-7-24(26,27)8-6-13)22-31-15-9-14(3-4-17(15)40-22)16(11-39-2)36-10-18(25(28,29)30)32-23(36)38/h3-4,9,13,16,18,20H,5-8,10-11H2,1-2H3,(H,32,38)(H,33,37). The zero-order valence-electron chi connectivity index (χ0n) is 22.0. The summed E-state index contributed by atoms with van der Waals surface area (Å²) in [5, 5.41) is 11.9. The lowest BCUT2D eigenvalue weighted by Gasteiger charge is -2.32. The zero-order valence-corrected chi connectivity index (χ0v) is 22.0. The van der Waals surface area contributed by atoms with Crippen LogP contribution in [0.3, 0.4) is 0 Å². The van der Waals surface area contributed by atoms with Gasteiger partial charge in [0.15, 0.2) is 11.3 Å². The van der Waals surface area contributed by atoms with Gasteiger partial charge in [0.2, 0.25) is 11.8 Å². The summed E-state index contributed by atoms with van der Waals surface area (Å²) in [4.78, 5) is 31.0. The van der Waals surface area contributed by atoms with Gasteiger partial charge in [-0.15, -0.1) is 0 Å².